The van der Waals surface area contributed by atoms with E-state index >= 15 is 0 Å². The van der Waals surface area contributed by atoms with Crippen molar-refractivity contribution in [2.75, 3.05) is 5.73 Å². The molecule has 3 rings (SSSR count). The summed E-state index contributed by atoms with van der Waals surface area (Å²) in [6.07, 6.45) is 1.13. The number of hydrogen-bond donors (Lipinski definition) is 1. The molecule has 2 aromatic rings. The summed E-state index contributed by atoms with van der Waals surface area (Å²) < 4.78 is 0.241. The molecular formula is C18H21NS. The number of rotatable bonds is 1. The van der Waals surface area contributed by atoms with Crippen molar-refractivity contribution in [3.63, 3.8) is 0 Å². The van der Waals surface area contributed by atoms with Crippen LogP contribution in [-0.4, -0.2) is 4.75 Å². The van der Waals surface area contributed by atoms with Crippen LogP contribution in [0.1, 0.15) is 38.3 Å². The molecule has 0 saturated heterocycles. The first-order valence-electron chi connectivity index (χ1n) is 7.05. The lowest BCUT2D eigenvalue weighted by Gasteiger charge is -2.44. The molecule has 0 amide bonds. The molecule has 1 unspecified atom stereocenters. The second kappa shape index (κ2) is 4.56. The molecule has 20 heavy (non-hydrogen) atoms. The topological polar surface area (TPSA) is 26.0 Å². The van der Waals surface area contributed by atoms with Crippen molar-refractivity contribution in [2.24, 2.45) is 0 Å². The van der Waals surface area contributed by atoms with Gasteiger partial charge in [0, 0.05) is 20.7 Å². The van der Waals surface area contributed by atoms with Crippen LogP contribution >= 0.6 is 11.8 Å². The minimum atomic E-state index is 0.0546. The largest absolute Gasteiger partial charge is 0.399 e. The lowest BCUT2D eigenvalue weighted by atomic mass is 9.70. The SMILES string of the molecule is CC1(C)CC(C)(c2ccc(N)cc2)c2ccccc2S1. The third-order valence-electron chi connectivity index (χ3n) is 4.19. The second-order valence-corrected chi connectivity index (χ2v) is 8.24. The Kier molecular flexibility index (Phi) is 3.09. The van der Waals surface area contributed by atoms with Crippen LogP contribution in [0.15, 0.2) is 53.4 Å². The van der Waals surface area contributed by atoms with Crippen molar-refractivity contribution in [3.05, 3.63) is 59.7 Å². The van der Waals surface area contributed by atoms with E-state index < -0.39 is 0 Å². The number of nitrogens with two attached hydrogens (primary N) is 1. The Balaban J connectivity index is 2.18. The minimum absolute atomic E-state index is 0.0546. The first kappa shape index (κ1) is 13.6. The van der Waals surface area contributed by atoms with E-state index in [4.69, 9.17) is 5.73 Å². The maximum absolute atomic E-state index is 5.84. The molecule has 1 atom stereocenters. The van der Waals surface area contributed by atoms with Crippen molar-refractivity contribution in [2.45, 2.75) is 42.2 Å². The van der Waals surface area contributed by atoms with Gasteiger partial charge in [-0.25, -0.2) is 0 Å². The van der Waals surface area contributed by atoms with E-state index in [2.05, 4.69) is 57.2 Å². The molecule has 0 bridgehead atoms. The van der Waals surface area contributed by atoms with Gasteiger partial charge >= 0.3 is 0 Å². The number of fused-ring (bicyclic) bond motifs is 1. The Bertz CT molecular complexity index is 630. The molecule has 0 radical (unpaired) electrons. The predicted molar refractivity (Wildman–Crippen MR) is 88.3 cm³/mol. The van der Waals surface area contributed by atoms with Crippen LogP contribution in [0.5, 0.6) is 0 Å². The molecule has 2 N–H and O–H groups in total. The van der Waals surface area contributed by atoms with Gasteiger partial charge in [0.1, 0.15) is 0 Å². The summed E-state index contributed by atoms with van der Waals surface area (Å²) in [5.41, 5.74) is 9.52. The number of anilines is 1. The molecule has 1 nitrogen and oxygen atoms in total. The fourth-order valence-electron chi connectivity index (χ4n) is 3.40. The van der Waals surface area contributed by atoms with Crippen LogP contribution in [0, 0.1) is 0 Å². The van der Waals surface area contributed by atoms with Crippen molar-refractivity contribution < 1.29 is 0 Å². The number of benzene rings is 2. The summed E-state index contributed by atoms with van der Waals surface area (Å²) in [7, 11) is 0. The summed E-state index contributed by atoms with van der Waals surface area (Å²) in [6, 6.07) is 17.2. The average molecular weight is 283 g/mol. The van der Waals surface area contributed by atoms with Crippen molar-refractivity contribution in [1.29, 1.82) is 0 Å². The highest BCUT2D eigenvalue weighted by Crippen LogP contribution is 2.53. The summed E-state index contributed by atoms with van der Waals surface area (Å²) in [4.78, 5) is 1.41. The van der Waals surface area contributed by atoms with E-state index in [0.29, 0.717) is 0 Å². The van der Waals surface area contributed by atoms with Crippen LogP contribution in [-0.2, 0) is 5.41 Å². The first-order valence-corrected chi connectivity index (χ1v) is 7.87. The zero-order valence-corrected chi connectivity index (χ0v) is 13.1. The molecule has 0 aliphatic carbocycles. The van der Waals surface area contributed by atoms with Gasteiger partial charge in [-0.1, -0.05) is 51.1 Å². The standard InChI is InChI=1S/C18H21NS/c1-17(2)12-18(3,13-8-10-14(19)11-9-13)15-6-4-5-7-16(15)20-17/h4-11H,12,19H2,1-3H3. The smallest absolute Gasteiger partial charge is 0.0314 e. The molecule has 1 heterocycles. The zero-order valence-electron chi connectivity index (χ0n) is 12.3. The van der Waals surface area contributed by atoms with E-state index in [-0.39, 0.29) is 10.2 Å². The van der Waals surface area contributed by atoms with Gasteiger partial charge in [-0.3, -0.25) is 0 Å². The van der Waals surface area contributed by atoms with E-state index in [1.807, 2.05) is 23.9 Å². The van der Waals surface area contributed by atoms with Gasteiger partial charge in [0.05, 0.1) is 0 Å². The summed E-state index contributed by atoms with van der Waals surface area (Å²) in [5, 5.41) is 0. The molecular weight excluding hydrogens is 262 g/mol. The van der Waals surface area contributed by atoms with Crippen LogP contribution in [0.4, 0.5) is 5.69 Å². The molecule has 1 aliphatic rings. The number of nitrogen functional groups attached to an aromatic ring is 1. The highest BCUT2D eigenvalue weighted by molar-refractivity contribution is 8.00. The Morgan fingerprint density at radius 1 is 0.950 bits per heavy atom. The lowest BCUT2D eigenvalue weighted by Crippen LogP contribution is -2.36. The highest BCUT2D eigenvalue weighted by Gasteiger charge is 2.41. The van der Waals surface area contributed by atoms with E-state index in [0.717, 1.165) is 12.1 Å². The van der Waals surface area contributed by atoms with Gasteiger partial charge in [0.2, 0.25) is 0 Å². The maximum atomic E-state index is 5.84. The molecule has 0 saturated carbocycles. The summed E-state index contributed by atoms with van der Waals surface area (Å²) in [5.74, 6) is 0. The minimum Gasteiger partial charge on any atom is -0.399 e. The lowest BCUT2D eigenvalue weighted by molar-refractivity contribution is 0.438. The zero-order chi connectivity index (χ0) is 14.4. The fraction of sp³-hybridized carbons (Fsp3) is 0.333. The Morgan fingerprint density at radius 3 is 2.30 bits per heavy atom. The Morgan fingerprint density at radius 2 is 1.60 bits per heavy atom. The summed E-state index contributed by atoms with van der Waals surface area (Å²) >= 11 is 1.99. The Hall–Kier alpha value is -1.41. The predicted octanol–water partition coefficient (Wildman–Crippen LogP) is 4.85. The van der Waals surface area contributed by atoms with Crippen LogP contribution in [0.3, 0.4) is 0 Å². The number of hydrogen-bond acceptors (Lipinski definition) is 2. The van der Waals surface area contributed by atoms with Crippen LogP contribution in [0.25, 0.3) is 0 Å². The molecule has 104 valence electrons. The van der Waals surface area contributed by atoms with E-state index in [9.17, 15) is 0 Å². The Labute approximate surface area is 125 Å². The van der Waals surface area contributed by atoms with Gasteiger partial charge < -0.3 is 5.73 Å². The molecule has 2 aromatic carbocycles. The van der Waals surface area contributed by atoms with Gasteiger partial charge in [0.15, 0.2) is 0 Å². The van der Waals surface area contributed by atoms with Gasteiger partial charge in [-0.15, -0.1) is 11.8 Å². The van der Waals surface area contributed by atoms with Crippen LogP contribution < -0.4 is 5.73 Å². The molecule has 1 aliphatic heterocycles. The van der Waals surface area contributed by atoms with Crippen molar-refractivity contribution in [1.82, 2.24) is 0 Å². The van der Waals surface area contributed by atoms with Gasteiger partial charge in [-0.2, -0.15) is 0 Å². The highest BCUT2D eigenvalue weighted by atomic mass is 32.2. The fourth-order valence-corrected chi connectivity index (χ4v) is 4.91. The van der Waals surface area contributed by atoms with Crippen molar-refractivity contribution >= 4 is 17.4 Å². The first-order chi connectivity index (χ1) is 9.41. The summed E-state index contributed by atoms with van der Waals surface area (Å²) in [6.45, 7) is 7.03. The monoisotopic (exact) mass is 283 g/mol. The quantitative estimate of drug-likeness (QED) is 0.757. The molecule has 2 heteroatoms. The number of thioether (sulfide) groups is 1. The van der Waals surface area contributed by atoms with E-state index in [1.54, 1.807) is 0 Å². The molecule has 0 aromatic heterocycles. The van der Waals surface area contributed by atoms with Crippen molar-refractivity contribution in [3.8, 4) is 0 Å². The second-order valence-electron chi connectivity index (χ2n) is 6.49. The van der Waals surface area contributed by atoms with Gasteiger partial charge in [0.25, 0.3) is 0 Å². The maximum Gasteiger partial charge on any atom is 0.0314 e. The molecule has 0 fully saturated rings. The average Bonchev–Trinajstić information content (AvgIpc) is 2.38. The third-order valence-corrected chi connectivity index (χ3v) is 5.47. The van der Waals surface area contributed by atoms with Crippen LogP contribution in [0.2, 0.25) is 0 Å². The third kappa shape index (κ3) is 2.22. The normalized spacial score (nSPS) is 24.1. The van der Waals surface area contributed by atoms with E-state index in [1.165, 1.54) is 16.0 Å². The molecule has 0 spiro atoms. The van der Waals surface area contributed by atoms with Gasteiger partial charge in [-0.05, 0) is 35.7 Å².